The van der Waals surface area contributed by atoms with Crippen molar-refractivity contribution in [2.75, 3.05) is 0 Å². The van der Waals surface area contributed by atoms with Gasteiger partial charge in [-0.15, -0.1) is 13.2 Å². The van der Waals surface area contributed by atoms with Gasteiger partial charge in [-0.1, -0.05) is 25.0 Å². The number of benzene rings is 2. The number of carboxylic acid groups (broad SMARTS) is 1. The number of hydrogen-bond donors (Lipinski definition) is 1. The van der Waals surface area contributed by atoms with Gasteiger partial charge in [0.15, 0.2) is 0 Å². The van der Waals surface area contributed by atoms with Crippen LogP contribution in [0.4, 0.5) is 13.2 Å². The van der Waals surface area contributed by atoms with Crippen LogP contribution in [0.2, 0.25) is 0 Å². The van der Waals surface area contributed by atoms with Crippen molar-refractivity contribution in [2.24, 2.45) is 0 Å². The molecule has 2 aromatic carbocycles. The lowest BCUT2D eigenvalue weighted by Gasteiger charge is -2.17. The van der Waals surface area contributed by atoms with Crippen molar-refractivity contribution in [1.29, 1.82) is 0 Å². The number of rotatable bonds is 4. The fourth-order valence-electron chi connectivity index (χ4n) is 3.80. The van der Waals surface area contributed by atoms with Crippen molar-refractivity contribution < 1.29 is 27.8 Å². The zero-order valence-corrected chi connectivity index (χ0v) is 14.7. The summed E-state index contributed by atoms with van der Waals surface area (Å²) in [6, 6.07) is 10.6. The van der Waals surface area contributed by atoms with Gasteiger partial charge in [0, 0.05) is 11.6 Å². The van der Waals surface area contributed by atoms with E-state index in [2.05, 4.69) is 9.72 Å². The maximum absolute atomic E-state index is 12.6. The van der Waals surface area contributed by atoms with Crippen molar-refractivity contribution in [2.45, 2.75) is 38.1 Å². The minimum atomic E-state index is -4.78. The minimum absolute atomic E-state index is 0.115. The summed E-state index contributed by atoms with van der Waals surface area (Å²) in [6.45, 7) is 0. The average molecular weight is 390 g/mol. The predicted molar refractivity (Wildman–Crippen MR) is 96.3 cm³/mol. The van der Waals surface area contributed by atoms with Gasteiger partial charge in [0.1, 0.15) is 11.6 Å². The van der Waals surface area contributed by atoms with Crippen molar-refractivity contribution in [3.8, 4) is 17.1 Å². The van der Waals surface area contributed by atoms with E-state index >= 15 is 0 Å². The van der Waals surface area contributed by atoms with Gasteiger partial charge in [-0.25, -0.2) is 9.78 Å². The number of carboxylic acids is 1. The molecule has 8 heteroatoms. The molecule has 1 heterocycles. The summed E-state index contributed by atoms with van der Waals surface area (Å²) in [5.41, 5.74) is 1.88. The fourth-order valence-corrected chi connectivity index (χ4v) is 3.80. The molecule has 0 saturated heterocycles. The molecule has 4 rings (SSSR count). The number of carbonyl (C=O) groups is 1. The van der Waals surface area contributed by atoms with E-state index in [1.807, 2.05) is 4.57 Å². The van der Waals surface area contributed by atoms with Crippen LogP contribution in [0.5, 0.6) is 5.75 Å². The molecule has 0 radical (unpaired) electrons. The second-order valence-corrected chi connectivity index (χ2v) is 6.83. The summed E-state index contributed by atoms with van der Waals surface area (Å²) in [7, 11) is 0. The molecule has 0 aliphatic heterocycles. The molecule has 1 aliphatic rings. The van der Waals surface area contributed by atoms with E-state index in [9.17, 15) is 23.1 Å². The van der Waals surface area contributed by atoms with Crippen LogP contribution in [0.15, 0.2) is 42.5 Å². The molecule has 1 fully saturated rings. The van der Waals surface area contributed by atoms with Crippen molar-refractivity contribution in [3.05, 3.63) is 48.0 Å². The standard InChI is InChI=1S/C20H17F3N2O3/c21-20(22,23)28-15-7-3-4-12(10-15)18-24-16-11-13(19(26)27)8-9-17(16)25(18)14-5-1-2-6-14/h3-4,7-11,14H,1-2,5-6H2,(H,26,27). The van der Waals surface area contributed by atoms with Crippen LogP contribution >= 0.6 is 0 Å². The topological polar surface area (TPSA) is 64.3 Å². The third-order valence-corrected chi connectivity index (χ3v) is 4.95. The van der Waals surface area contributed by atoms with Crippen LogP contribution in [-0.4, -0.2) is 27.0 Å². The molecular weight excluding hydrogens is 373 g/mol. The van der Waals surface area contributed by atoms with Gasteiger partial charge in [-0.2, -0.15) is 0 Å². The molecule has 0 amide bonds. The average Bonchev–Trinajstić information content (AvgIpc) is 3.26. The molecule has 5 nitrogen and oxygen atoms in total. The Hall–Kier alpha value is -3.03. The van der Waals surface area contributed by atoms with Gasteiger partial charge in [0.05, 0.1) is 16.6 Å². The molecule has 1 aromatic heterocycles. The van der Waals surface area contributed by atoms with E-state index in [4.69, 9.17) is 0 Å². The minimum Gasteiger partial charge on any atom is -0.478 e. The van der Waals surface area contributed by atoms with E-state index in [1.165, 1.54) is 30.3 Å². The molecule has 3 aromatic rings. The van der Waals surface area contributed by atoms with Crippen molar-refractivity contribution in [1.82, 2.24) is 9.55 Å². The molecule has 1 saturated carbocycles. The van der Waals surface area contributed by atoms with E-state index in [-0.39, 0.29) is 17.4 Å². The first-order valence-corrected chi connectivity index (χ1v) is 8.93. The third kappa shape index (κ3) is 3.54. The third-order valence-electron chi connectivity index (χ3n) is 4.95. The highest BCUT2D eigenvalue weighted by molar-refractivity contribution is 5.93. The molecular formula is C20H17F3N2O3. The van der Waals surface area contributed by atoms with Gasteiger partial charge in [0.25, 0.3) is 0 Å². The lowest BCUT2D eigenvalue weighted by molar-refractivity contribution is -0.274. The van der Waals surface area contributed by atoms with Crippen LogP contribution in [-0.2, 0) is 0 Å². The molecule has 1 aliphatic carbocycles. The number of imidazole rings is 1. The Morgan fingerprint density at radius 2 is 1.89 bits per heavy atom. The van der Waals surface area contributed by atoms with Crippen LogP contribution in [0, 0.1) is 0 Å². The lowest BCUT2D eigenvalue weighted by Crippen LogP contribution is -2.17. The second-order valence-electron chi connectivity index (χ2n) is 6.83. The number of nitrogens with zero attached hydrogens (tertiary/aromatic N) is 2. The van der Waals surface area contributed by atoms with Crippen LogP contribution < -0.4 is 4.74 Å². The van der Waals surface area contributed by atoms with E-state index < -0.39 is 12.3 Å². The first kappa shape index (κ1) is 18.3. The second kappa shape index (κ2) is 6.85. The van der Waals surface area contributed by atoms with Crippen LogP contribution in [0.3, 0.4) is 0 Å². The highest BCUT2D eigenvalue weighted by atomic mass is 19.4. The number of ether oxygens (including phenoxy) is 1. The summed E-state index contributed by atoms with van der Waals surface area (Å²) in [5.74, 6) is -0.863. The lowest BCUT2D eigenvalue weighted by atomic mass is 10.1. The molecule has 0 bridgehead atoms. The Labute approximate surface area is 158 Å². The summed E-state index contributed by atoms with van der Waals surface area (Å²) in [5, 5.41) is 9.24. The Kier molecular flexibility index (Phi) is 4.49. The van der Waals surface area contributed by atoms with Gasteiger partial charge >= 0.3 is 12.3 Å². The zero-order valence-electron chi connectivity index (χ0n) is 14.7. The Bertz CT molecular complexity index is 1040. The summed E-state index contributed by atoms with van der Waals surface area (Å²) in [4.78, 5) is 15.9. The van der Waals surface area contributed by atoms with Gasteiger partial charge in [-0.3, -0.25) is 0 Å². The molecule has 0 atom stereocenters. The maximum atomic E-state index is 12.6. The predicted octanol–water partition coefficient (Wildman–Crippen LogP) is 5.42. The molecule has 146 valence electrons. The molecule has 0 unspecified atom stereocenters. The van der Waals surface area contributed by atoms with Gasteiger partial charge in [0.2, 0.25) is 0 Å². The summed E-state index contributed by atoms with van der Waals surface area (Å²) in [6.07, 6.45) is -0.765. The van der Waals surface area contributed by atoms with E-state index in [1.54, 1.807) is 12.1 Å². The van der Waals surface area contributed by atoms with Crippen LogP contribution in [0.25, 0.3) is 22.4 Å². The summed E-state index contributed by atoms with van der Waals surface area (Å²) >= 11 is 0. The van der Waals surface area contributed by atoms with Crippen molar-refractivity contribution in [3.63, 3.8) is 0 Å². The largest absolute Gasteiger partial charge is 0.573 e. The first-order chi connectivity index (χ1) is 13.3. The smallest absolute Gasteiger partial charge is 0.478 e. The molecule has 28 heavy (non-hydrogen) atoms. The van der Waals surface area contributed by atoms with Crippen molar-refractivity contribution >= 4 is 17.0 Å². The number of alkyl halides is 3. The number of fused-ring (bicyclic) bond motifs is 1. The highest BCUT2D eigenvalue weighted by Gasteiger charge is 2.31. The monoisotopic (exact) mass is 390 g/mol. The quantitative estimate of drug-likeness (QED) is 0.647. The molecule has 0 spiro atoms. The van der Waals surface area contributed by atoms with Gasteiger partial charge < -0.3 is 14.4 Å². The highest BCUT2D eigenvalue weighted by Crippen LogP contribution is 2.38. The zero-order chi connectivity index (χ0) is 19.9. The number of aromatic nitrogens is 2. The first-order valence-electron chi connectivity index (χ1n) is 8.93. The van der Waals surface area contributed by atoms with E-state index in [0.29, 0.717) is 16.9 Å². The Morgan fingerprint density at radius 1 is 1.14 bits per heavy atom. The molecule has 1 N–H and O–H groups in total. The van der Waals surface area contributed by atoms with Crippen LogP contribution in [0.1, 0.15) is 42.1 Å². The Morgan fingerprint density at radius 3 is 2.57 bits per heavy atom. The fraction of sp³-hybridized carbons (Fsp3) is 0.300. The van der Waals surface area contributed by atoms with Gasteiger partial charge in [-0.05, 0) is 43.2 Å². The normalized spacial score (nSPS) is 15.2. The van der Waals surface area contributed by atoms with E-state index in [0.717, 1.165) is 31.2 Å². The number of halogens is 3. The summed E-state index contributed by atoms with van der Waals surface area (Å²) < 4.78 is 43.8. The SMILES string of the molecule is O=C(O)c1ccc2c(c1)nc(-c1cccc(OC(F)(F)F)c1)n2C1CCCC1. The number of hydrogen-bond acceptors (Lipinski definition) is 3. The maximum Gasteiger partial charge on any atom is 0.573 e. The Balaban J connectivity index is 1.86. The number of aromatic carboxylic acids is 1.